The van der Waals surface area contributed by atoms with Crippen LogP contribution in [0.1, 0.15) is 39.5 Å². The van der Waals surface area contributed by atoms with Crippen LogP contribution in [0.3, 0.4) is 0 Å². The summed E-state index contributed by atoms with van der Waals surface area (Å²) < 4.78 is 6.39. The summed E-state index contributed by atoms with van der Waals surface area (Å²) in [4.78, 5) is 10.5. The molecule has 0 aromatic carbocycles. The first kappa shape index (κ1) is 13.9. The second kappa shape index (κ2) is 4.74. The number of hydrogen-bond donors (Lipinski definition) is 1. The number of anilines is 2. The minimum atomic E-state index is -0.200. The minimum Gasteiger partial charge on any atom is -0.368 e. The second-order valence-corrected chi connectivity index (χ2v) is 6.90. The minimum absolute atomic E-state index is 0.0477. The number of rotatable bonds is 1. The number of nitrogen functional groups attached to an aromatic ring is 1. The number of hydrogen-bond acceptors (Lipinski definition) is 5. The van der Waals surface area contributed by atoms with Gasteiger partial charge in [-0.2, -0.15) is 4.98 Å². The lowest BCUT2D eigenvalue weighted by molar-refractivity contribution is -0.148. The molecule has 3 rings (SSSR count). The van der Waals surface area contributed by atoms with E-state index in [2.05, 4.69) is 28.7 Å². The molecule has 0 radical (unpaired) electrons. The van der Waals surface area contributed by atoms with Gasteiger partial charge in [-0.1, -0.05) is 24.4 Å². The molecule has 2 N–H and O–H groups in total. The van der Waals surface area contributed by atoms with Crippen LogP contribution in [0.15, 0.2) is 6.07 Å². The Hall–Kier alpha value is -1.07. The van der Waals surface area contributed by atoms with E-state index in [0.29, 0.717) is 5.15 Å². The maximum absolute atomic E-state index is 6.39. The maximum atomic E-state index is 6.39. The third kappa shape index (κ3) is 2.69. The van der Waals surface area contributed by atoms with Gasteiger partial charge in [0.2, 0.25) is 5.95 Å². The van der Waals surface area contributed by atoms with Crippen molar-refractivity contribution in [2.24, 2.45) is 0 Å². The summed E-state index contributed by atoms with van der Waals surface area (Å²) in [5.41, 5.74) is 5.47. The van der Waals surface area contributed by atoms with Gasteiger partial charge < -0.3 is 15.4 Å². The van der Waals surface area contributed by atoms with Gasteiger partial charge in [0.1, 0.15) is 11.0 Å². The average Bonchev–Trinajstić information content (AvgIpc) is 2.73. The molecule has 1 aliphatic carbocycles. The highest BCUT2D eigenvalue weighted by atomic mass is 35.5. The first-order valence-electron chi connectivity index (χ1n) is 7.13. The van der Waals surface area contributed by atoms with Crippen molar-refractivity contribution in [3.63, 3.8) is 0 Å². The van der Waals surface area contributed by atoms with Crippen LogP contribution in [0.25, 0.3) is 0 Å². The third-order valence-corrected chi connectivity index (χ3v) is 4.27. The Labute approximate surface area is 124 Å². The van der Waals surface area contributed by atoms with Crippen LogP contribution < -0.4 is 10.6 Å². The molecule has 2 aliphatic rings. The van der Waals surface area contributed by atoms with E-state index in [4.69, 9.17) is 22.1 Å². The zero-order valence-corrected chi connectivity index (χ0v) is 12.8. The molecule has 1 saturated carbocycles. The predicted octanol–water partition coefficient (Wildman–Crippen LogP) is 2.64. The van der Waals surface area contributed by atoms with Crippen LogP contribution in [0, 0.1) is 0 Å². The van der Waals surface area contributed by atoms with E-state index in [0.717, 1.165) is 31.7 Å². The van der Waals surface area contributed by atoms with Gasteiger partial charge in [0.25, 0.3) is 0 Å². The van der Waals surface area contributed by atoms with E-state index in [9.17, 15) is 0 Å². The first-order chi connectivity index (χ1) is 9.38. The van der Waals surface area contributed by atoms with Crippen molar-refractivity contribution in [3.05, 3.63) is 11.2 Å². The average molecular weight is 297 g/mol. The second-order valence-electron chi connectivity index (χ2n) is 6.52. The topological polar surface area (TPSA) is 64.3 Å². The Balaban J connectivity index is 1.92. The summed E-state index contributed by atoms with van der Waals surface area (Å²) in [5.74, 6) is 1.02. The summed E-state index contributed by atoms with van der Waals surface area (Å²) in [7, 11) is 0. The number of morpholine rings is 1. The van der Waals surface area contributed by atoms with E-state index in [-0.39, 0.29) is 17.2 Å². The van der Waals surface area contributed by atoms with Crippen LogP contribution in [0.5, 0.6) is 0 Å². The number of aromatic nitrogens is 2. The Morgan fingerprint density at radius 3 is 2.60 bits per heavy atom. The van der Waals surface area contributed by atoms with E-state index >= 15 is 0 Å². The SMILES string of the molecule is CC1(C)CN(c2cc(Cl)nc(N)n2)CC2(CCCC2)O1. The monoisotopic (exact) mass is 296 g/mol. The molecule has 110 valence electrons. The fraction of sp³-hybridized carbons (Fsp3) is 0.714. The molecule has 1 aromatic heterocycles. The molecule has 1 spiro atoms. The summed E-state index contributed by atoms with van der Waals surface area (Å²) in [5, 5.41) is 0.386. The molecule has 0 unspecified atom stereocenters. The predicted molar refractivity (Wildman–Crippen MR) is 80.0 cm³/mol. The van der Waals surface area contributed by atoms with Crippen molar-refractivity contribution in [3.8, 4) is 0 Å². The Morgan fingerprint density at radius 1 is 1.25 bits per heavy atom. The zero-order chi connectivity index (χ0) is 14.4. The van der Waals surface area contributed by atoms with Gasteiger partial charge in [0.05, 0.1) is 11.2 Å². The number of ether oxygens (including phenoxy) is 1. The molecule has 2 fully saturated rings. The smallest absolute Gasteiger partial charge is 0.223 e. The molecule has 1 aliphatic heterocycles. The number of halogens is 1. The van der Waals surface area contributed by atoms with Crippen LogP contribution in [0.2, 0.25) is 5.15 Å². The Kier molecular flexibility index (Phi) is 3.29. The lowest BCUT2D eigenvalue weighted by atomic mass is 9.94. The summed E-state index contributed by atoms with van der Waals surface area (Å²) in [6.45, 7) is 5.89. The van der Waals surface area contributed by atoms with E-state index in [1.165, 1.54) is 12.8 Å². The fourth-order valence-corrected chi connectivity index (χ4v) is 3.72. The molecule has 1 saturated heterocycles. The molecule has 0 bridgehead atoms. The number of nitrogens with two attached hydrogens (primary N) is 1. The normalized spacial score (nSPS) is 24.2. The highest BCUT2D eigenvalue weighted by Gasteiger charge is 2.46. The van der Waals surface area contributed by atoms with Crippen molar-refractivity contribution in [1.82, 2.24) is 9.97 Å². The molecule has 6 heteroatoms. The summed E-state index contributed by atoms with van der Waals surface area (Å²) in [6, 6.07) is 1.78. The number of nitrogens with zero attached hydrogens (tertiary/aromatic N) is 3. The van der Waals surface area contributed by atoms with E-state index in [1.807, 2.05) is 0 Å². The third-order valence-electron chi connectivity index (χ3n) is 4.08. The largest absolute Gasteiger partial charge is 0.368 e. The van der Waals surface area contributed by atoms with Crippen molar-refractivity contribution in [2.45, 2.75) is 50.7 Å². The Morgan fingerprint density at radius 2 is 1.95 bits per heavy atom. The lowest BCUT2D eigenvalue weighted by Crippen LogP contribution is -2.59. The van der Waals surface area contributed by atoms with Crippen molar-refractivity contribution in [1.29, 1.82) is 0 Å². The van der Waals surface area contributed by atoms with E-state index in [1.54, 1.807) is 6.07 Å². The molecular formula is C14H21ClN4O. The van der Waals surface area contributed by atoms with Gasteiger partial charge in [-0.15, -0.1) is 0 Å². The summed E-state index contributed by atoms with van der Waals surface area (Å²) >= 11 is 6.00. The molecule has 0 amide bonds. The van der Waals surface area contributed by atoms with Crippen LogP contribution in [0.4, 0.5) is 11.8 Å². The zero-order valence-electron chi connectivity index (χ0n) is 12.0. The Bertz CT molecular complexity index is 494. The van der Waals surface area contributed by atoms with Crippen molar-refractivity contribution < 1.29 is 4.74 Å². The highest BCUT2D eigenvalue weighted by molar-refractivity contribution is 6.29. The molecule has 0 atom stereocenters. The molecular weight excluding hydrogens is 276 g/mol. The molecule has 2 heterocycles. The van der Waals surface area contributed by atoms with Crippen molar-refractivity contribution >= 4 is 23.4 Å². The van der Waals surface area contributed by atoms with Gasteiger partial charge in [-0.05, 0) is 26.7 Å². The van der Waals surface area contributed by atoms with Gasteiger partial charge in [0, 0.05) is 19.2 Å². The van der Waals surface area contributed by atoms with Crippen molar-refractivity contribution in [2.75, 3.05) is 23.7 Å². The highest BCUT2D eigenvalue weighted by Crippen LogP contribution is 2.41. The fourth-order valence-electron chi connectivity index (χ4n) is 3.54. The standard InChI is InChI=1S/C14H21ClN4O/c1-13(2)8-19(9-14(20-13)5-3-4-6-14)11-7-10(15)17-12(16)18-11/h7H,3-6,8-9H2,1-2H3,(H2,16,17,18). The van der Waals surface area contributed by atoms with Crippen LogP contribution in [-0.2, 0) is 4.74 Å². The van der Waals surface area contributed by atoms with Gasteiger partial charge in [-0.3, -0.25) is 0 Å². The van der Waals surface area contributed by atoms with Crippen LogP contribution >= 0.6 is 11.6 Å². The molecule has 20 heavy (non-hydrogen) atoms. The first-order valence-corrected chi connectivity index (χ1v) is 7.51. The van der Waals surface area contributed by atoms with Gasteiger partial charge in [0.15, 0.2) is 0 Å². The summed E-state index contributed by atoms with van der Waals surface area (Å²) in [6.07, 6.45) is 4.69. The van der Waals surface area contributed by atoms with Crippen LogP contribution in [-0.4, -0.2) is 34.3 Å². The molecule has 5 nitrogen and oxygen atoms in total. The van der Waals surface area contributed by atoms with Gasteiger partial charge in [-0.25, -0.2) is 4.98 Å². The maximum Gasteiger partial charge on any atom is 0.223 e. The molecule has 1 aromatic rings. The quantitative estimate of drug-likeness (QED) is 0.807. The van der Waals surface area contributed by atoms with Gasteiger partial charge >= 0.3 is 0 Å². The lowest BCUT2D eigenvalue weighted by Gasteiger charge is -2.49. The van der Waals surface area contributed by atoms with E-state index < -0.39 is 0 Å².